The second-order valence-corrected chi connectivity index (χ2v) is 3.54. The minimum atomic E-state index is 0.544. The first-order valence-electron chi connectivity index (χ1n) is 5.92. The molecule has 1 amide bonds. The highest BCUT2D eigenvalue weighted by molar-refractivity contribution is 5.72. The molecule has 0 aliphatic heterocycles. The highest BCUT2D eigenvalue weighted by Gasteiger charge is 2.05. The monoisotopic (exact) mass is 237 g/mol. The van der Waals surface area contributed by atoms with Gasteiger partial charge in [-0.15, -0.1) is 0 Å². The normalized spacial score (nSPS) is 10.0. The largest absolute Gasteiger partial charge is 0.494 e. The summed E-state index contributed by atoms with van der Waals surface area (Å²) >= 11 is 0. The lowest BCUT2D eigenvalue weighted by Crippen LogP contribution is -2.22. The summed E-state index contributed by atoms with van der Waals surface area (Å²) in [6.45, 7) is 5.18. The van der Waals surface area contributed by atoms with Crippen LogP contribution in [0, 0.1) is 0 Å². The Labute approximate surface area is 102 Å². The Morgan fingerprint density at radius 1 is 1.24 bits per heavy atom. The minimum Gasteiger partial charge on any atom is -0.494 e. The van der Waals surface area contributed by atoms with E-state index >= 15 is 0 Å². The van der Waals surface area contributed by atoms with Gasteiger partial charge in [0.2, 0.25) is 6.41 Å². The fourth-order valence-electron chi connectivity index (χ4n) is 1.33. The van der Waals surface area contributed by atoms with Gasteiger partial charge >= 0.3 is 0 Å². The molecular formula is C13H19NO3. The second kappa shape index (κ2) is 7.68. The molecule has 0 heterocycles. The molecule has 4 heteroatoms. The summed E-state index contributed by atoms with van der Waals surface area (Å²) in [4.78, 5) is 16.2. The highest BCUT2D eigenvalue weighted by Crippen LogP contribution is 2.18. The maximum atomic E-state index is 10.9. The van der Waals surface area contributed by atoms with Gasteiger partial charge in [0, 0.05) is 0 Å². The minimum absolute atomic E-state index is 0.544. The summed E-state index contributed by atoms with van der Waals surface area (Å²) in [6, 6.07) is 7.23. The fourth-order valence-corrected chi connectivity index (χ4v) is 1.33. The number of carbonyl (C=O) groups is 1. The lowest BCUT2D eigenvalue weighted by atomic mass is 10.3. The number of unbranched alkanes of at least 4 members (excludes halogenated alkanes) is 1. The summed E-state index contributed by atoms with van der Waals surface area (Å²) in [5.74, 6) is 0.788. The molecule has 0 spiro atoms. The molecule has 0 fully saturated rings. The van der Waals surface area contributed by atoms with Crippen LogP contribution < -0.4 is 9.80 Å². The Hall–Kier alpha value is -1.55. The Bertz CT molecular complexity index is 324. The number of rotatable bonds is 8. The quantitative estimate of drug-likeness (QED) is 0.396. The molecule has 94 valence electrons. The van der Waals surface area contributed by atoms with Crippen molar-refractivity contribution >= 4 is 12.1 Å². The molecule has 1 aromatic rings. The molecule has 0 radical (unpaired) electrons. The molecule has 17 heavy (non-hydrogen) atoms. The van der Waals surface area contributed by atoms with Crippen LogP contribution in [0.1, 0.15) is 26.7 Å². The molecule has 0 N–H and O–H groups in total. The Morgan fingerprint density at radius 2 is 1.94 bits per heavy atom. The van der Waals surface area contributed by atoms with E-state index in [2.05, 4.69) is 6.92 Å². The van der Waals surface area contributed by atoms with Gasteiger partial charge in [0.05, 0.1) is 18.9 Å². The van der Waals surface area contributed by atoms with E-state index in [4.69, 9.17) is 9.57 Å². The van der Waals surface area contributed by atoms with Crippen molar-refractivity contribution in [1.82, 2.24) is 0 Å². The molecule has 0 saturated heterocycles. The van der Waals surface area contributed by atoms with Crippen molar-refractivity contribution in [3.8, 4) is 5.75 Å². The number of carbonyl (C=O) groups excluding carboxylic acids is 1. The number of hydrogen-bond acceptors (Lipinski definition) is 3. The van der Waals surface area contributed by atoms with Crippen LogP contribution in [0.5, 0.6) is 5.75 Å². The summed E-state index contributed by atoms with van der Waals surface area (Å²) < 4.78 is 5.33. The van der Waals surface area contributed by atoms with Gasteiger partial charge < -0.3 is 4.74 Å². The van der Waals surface area contributed by atoms with Gasteiger partial charge in [-0.25, -0.2) is 0 Å². The second-order valence-electron chi connectivity index (χ2n) is 3.54. The Kier molecular flexibility index (Phi) is 6.10. The van der Waals surface area contributed by atoms with E-state index in [0.717, 1.165) is 18.6 Å². The van der Waals surface area contributed by atoms with Gasteiger partial charge in [-0.2, -0.15) is 5.06 Å². The molecule has 0 unspecified atom stereocenters. The maximum absolute atomic E-state index is 10.9. The first-order valence-corrected chi connectivity index (χ1v) is 5.92. The van der Waals surface area contributed by atoms with E-state index in [1.165, 1.54) is 5.06 Å². The van der Waals surface area contributed by atoms with Crippen LogP contribution in [-0.2, 0) is 9.63 Å². The molecule has 1 rings (SSSR count). The van der Waals surface area contributed by atoms with Gasteiger partial charge in [-0.1, -0.05) is 13.3 Å². The third-order valence-corrected chi connectivity index (χ3v) is 2.23. The zero-order valence-electron chi connectivity index (χ0n) is 10.4. The zero-order valence-corrected chi connectivity index (χ0v) is 10.4. The van der Waals surface area contributed by atoms with Crippen molar-refractivity contribution in [2.75, 3.05) is 18.3 Å². The predicted molar refractivity (Wildman–Crippen MR) is 67.0 cm³/mol. The molecule has 0 saturated carbocycles. The lowest BCUT2D eigenvalue weighted by Gasteiger charge is -2.16. The molecule has 0 atom stereocenters. The molecular weight excluding hydrogens is 218 g/mol. The SMILES string of the molecule is CCCCON(C=O)c1ccc(OCC)cc1. The molecule has 4 nitrogen and oxygen atoms in total. The molecule has 0 aliphatic carbocycles. The van der Waals surface area contributed by atoms with Crippen molar-refractivity contribution in [3.05, 3.63) is 24.3 Å². The average Bonchev–Trinajstić information content (AvgIpc) is 2.36. The maximum Gasteiger partial charge on any atom is 0.238 e. The van der Waals surface area contributed by atoms with Crippen LogP contribution in [-0.4, -0.2) is 19.6 Å². The van der Waals surface area contributed by atoms with Gasteiger partial charge in [0.15, 0.2) is 0 Å². The molecule has 0 bridgehead atoms. The number of benzene rings is 1. The van der Waals surface area contributed by atoms with E-state index < -0.39 is 0 Å². The zero-order chi connectivity index (χ0) is 12.5. The van der Waals surface area contributed by atoms with Gasteiger partial charge in [-0.05, 0) is 37.6 Å². The summed E-state index contributed by atoms with van der Waals surface area (Å²) in [5.41, 5.74) is 0.708. The number of hydroxylamine groups is 1. The first kappa shape index (κ1) is 13.5. The van der Waals surface area contributed by atoms with Crippen molar-refractivity contribution in [1.29, 1.82) is 0 Å². The van der Waals surface area contributed by atoms with Crippen LogP contribution in [0.4, 0.5) is 5.69 Å². The lowest BCUT2D eigenvalue weighted by molar-refractivity contribution is -0.114. The molecule has 0 aromatic heterocycles. The van der Waals surface area contributed by atoms with Crippen LogP contribution in [0.15, 0.2) is 24.3 Å². The summed E-state index contributed by atoms with van der Waals surface area (Å²) in [6.07, 6.45) is 2.64. The van der Waals surface area contributed by atoms with Crippen LogP contribution in [0.2, 0.25) is 0 Å². The third kappa shape index (κ3) is 4.44. The topological polar surface area (TPSA) is 38.8 Å². The van der Waals surface area contributed by atoms with E-state index in [1.54, 1.807) is 12.1 Å². The number of hydrogen-bond donors (Lipinski definition) is 0. The van der Waals surface area contributed by atoms with E-state index in [9.17, 15) is 4.79 Å². The standard InChI is InChI=1S/C13H19NO3/c1-3-5-10-17-14(11-15)12-6-8-13(9-7-12)16-4-2/h6-9,11H,3-5,10H2,1-2H3. The van der Waals surface area contributed by atoms with Crippen LogP contribution >= 0.6 is 0 Å². The van der Waals surface area contributed by atoms with Crippen LogP contribution in [0.3, 0.4) is 0 Å². The average molecular weight is 237 g/mol. The number of anilines is 1. The summed E-state index contributed by atoms with van der Waals surface area (Å²) in [7, 11) is 0. The van der Waals surface area contributed by atoms with E-state index in [-0.39, 0.29) is 0 Å². The van der Waals surface area contributed by atoms with Crippen molar-refractivity contribution in [2.24, 2.45) is 0 Å². The Balaban J connectivity index is 2.58. The van der Waals surface area contributed by atoms with Crippen LogP contribution in [0.25, 0.3) is 0 Å². The van der Waals surface area contributed by atoms with E-state index in [1.807, 2.05) is 19.1 Å². The van der Waals surface area contributed by atoms with Crippen molar-refractivity contribution in [2.45, 2.75) is 26.7 Å². The van der Waals surface area contributed by atoms with Crippen molar-refractivity contribution < 1.29 is 14.4 Å². The smallest absolute Gasteiger partial charge is 0.238 e. The predicted octanol–water partition coefficient (Wildman–Crippen LogP) is 2.78. The van der Waals surface area contributed by atoms with E-state index in [0.29, 0.717) is 25.3 Å². The highest BCUT2D eigenvalue weighted by atomic mass is 16.7. The third-order valence-electron chi connectivity index (χ3n) is 2.23. The van der Waals surface area contributed by atoms with Gasteiger partial charge in [-0.3, -0.25) is 9.63 Å². The van der Waals surface area contributed by atoms with Gasteiger partial charge in [0.25, 0.3) is 0 Å². The Morgan fingerprint density at radius 3 is 2.47 bits per heavy atom. The fraction of sp³-hybridized carbons (Fsp3) is 0.462. The first-order chi connectivity index (χ1) is 8.31. The number of ether oxygens (including phenoxy) is 1. The molecule has 0 aliphatic rings. The summed E-state index contributed by atoms with van der Waals surface area (Å²) in [5, 5.41) is 1.24. The number of amides is 1. The molecule has 1 aromatic carbocycles. The number of nitrogens with zero attached hydrogens (tertiary/aromatic N) is 1. The van der Waals surface area contributed by atoms with Gasteiger partial charge in [0.1, 0.15) is 5.75 Å². The van der Waals surface area contributed by atoms with Crippen molar-refractivity contribution in [3.63, 3.8) is 0 Å².